The predicted molar refractivity (Wildman–Crippen MR) is 90.2 cm³/mol. The normalized spacial score (nSPS) is 10.7. The molecule has 1 N–H and O–H groups in total. The van der Waals surface area contributed by atoms with Gasteiger partial charge in [-0.15, -0.1) is 0 Å². The second kappa shape index (κ2) is 7.78. The molecule has 3 nitrogen and oxygen atoms in total. The molecule has 2 rings (SSSR count). The van der Waals surface area contributed by atoms with Crippen LogP contribution in [0.15, 0.2) is 34.8 Å². The highest BCUT2D eigenvalue weighted by Crippen LogP contribution is 2.31. The molecular weight excluding hydrogens is 352 g/mol. The van der Waals surface area contributed by atoms with Crippen molar-refractivity contribution in [1.82, 2.24) is 10.3 Å². The van der Waals surface area contributed by atoms with Gasteiger partial charge in [0.15, 0.2) is 0 Å². The molecule has 1 aromatic heterocycles. The Morgan fingerprint density at radius 2 is 2.10 bits per heavy atom. The van der Waals surface area contributed by atoms with Crippen LogP contribution >= 0.6 is 27.5 Å². The maximum atomic E-state index is 6.16. The molecular formula is C16H18BrClN2O. The highest BCUT2D eigenvalue weighted by Gasteiger charge is 2.08. The van der Waals surface area contributed by atoms with Gasteiger partial charge in [-0.2, -0.15) is 0 Å². The maximum absolute atomic E-state index is 6.16. The number of pyridine rings is 1. The minimum atomic E-state index is 0.566. The van der Waals surface area contributed by atoms with Gasteiger partial charge in [-0.25, -0.2) is 4.98 Å². The first-order valence-electron chi connectivity index (χ1n) is 6.89. The lowest BCUT2D eigenvalue weighted by Crippen LogP contribution is -2.06. The van der Waals surface area contributed by atoms with Crippen LogP contribution in [0.3, 0.4) is 0 Å². The standard InChI is InChI=1S/C16H18BrClN2O/c1-3-4-13-7-11(10-19-2)8-16(20-13)21-15-9-12(17)5-6-14(15)18/h5-9,19H,3-4,10H2,1-2H3. The number of benzene rings is 1. The van der Waals surface area contributed by atoms with Crippen molar-refractivity contribution in [3.8, 4) is 11.6 Å². The van der Waals surface area contributed by atoms with E-state index < -0.39 is 0 Å². The van der Waals surface area contributed by atoms with E-state index in [0.717, 1.165) is 35.1 Å². The molecule has 112 valence electrons. The lowest BCUT2D eigenvalue weighted by Gasteiger charge is -2.11. The van der Waals surface area contributed by atoms with E-state index >= 15 is 0 Å². The highest BCUT2D eigenvalue weighted by molar-refractivity contribution is 9.10. The van der Waals surface area contributed by atoms with E-state index in [2.05, 4.69) is 39.2 Å². The molecule has 0 aliphatic heterocycles. The summed E-state index contributed by atoms with van der Waals surface area (Å²) in [5, 5.41) is 3.71. The van der Waals surface area contributed by atoms with Gasteiger partial charge in [0.05, 0.1) is 5.02 Å². The molecule has 1 heterocycles. The fraction of sp³-hybridized carbons (Fsp3) is 0.312. The van der Waals surface area contributed by atoms with Crippen LogP contribution in [0.5, 0.6) is 11.6 Å². The summed E-state index contributed by atoms with van der Waals surface area (Å²) in [6.45, 7) is 2.92. The SMILES string of the molecule is CCCc1cc(CNC)cc(Oc2cc(Br)ccc2Cl)n1. The monoisotopic (exact) mass is 368 g/mol. The summed E-state index contributed by atoms with van der Waals surface area (Å²) in [7, 11) is 1.92. The lowest BCUT2D eigenvalue weighted by molar-refractivity contribution is 0.459. The van der Waals surface area contributed by atoms with Gasteiger partial charge < -0.3 is 10.1 Å². The molecule has 0 spiro atoms. The Morgan fingerprint density at radius 1 is 1.29 bits per heavy atom. The molecule has 0 saturated heterocycles. The van der Waals surface area contributed by atoms with Crippen molar-refractivity contribution in [2.24, 2.45) is 0 Å². The molecule has 21 heavy (non-hydrogen) atoms. The van der Waals surface area contributed by atoms with Crippen LogP contribution in [-0.4, -0.2) is 12.0 Å². The molecule has 0 amide bonds. The quantitative estimate of drug-likeness (QED) is 0.781. The minimum Gasteiger partial charge on any atom is -0.437 e. The van der Waals surface area contributed by atoms with Gasteiger partial charge in [-0.3, -0.25) is 0 Å². The van der Waals surface area contributed by atoms with Gasteiger partial charge in [0.2, 0.25) is 5.88 Å². The van der Waals surface area contributed by atoms with E-state index in [4.69, 9.17) is 16.3 Å². The minimum absolute atomic E-state index is 0.566. The average molecular weight is 370 g/mol. The molecule has 0 aliphatic rings. The Kier molecular flexibility index (Phi) is 6.03. The molecule has 0 aliphatic carbocycles. The highest BCUT2D eigenvalue weighted by atomic mass is 79.9. The second-order valence-corrected chi connectivity index (χ2v) is 6.08. The molecule has 0 unspecified atom stereocenters. The Morgan fingerprint density at radius 3 is 2.81 bits per heavy atom. The number of aromatic nitrogens is 1. The zero-order valence-corrected chi connectivity index (χ0v) is 14.5. The zero-order chi connectivity index (χ0) is 15.2. The van der Waals surface area contributed by atoms with Crippen LogP contribution in [-0.2, 0) is 13.0 Å². The van der Waals surface area contributed by atoms with Crippen molar-refractivity contribution >= 4 is 27.5 Å². The lowest BCUT2D eigenvalue weighted by atomic mass is 10.1. The summed E-state index contributed by atoms with van der Waals surface area (Å²) in [4.78, 5) is 4.55. The van der Waals surface area contributed by atoms with Gasteiger partial charge >= 0.3 is 0 Å². The summed E-state index contributed by atoms with van der Waals surface area (Å²) < 4.78 is 6.78. The van der Waals surface area contributed by atoms with Crippen molar-refractivity contribution in [2.75, 3.05) is 7.05 Å². The number of nitrogens with one attached hydrogen (secondary N) is 1. The smallest absolute Gasteiger partial charge is 0.219 e. The number of aryl methyl sites for hydroxylation is 1. The van der Waals surface area contributed by atoms with Crippen LogP contribution in [0.4, 0.5) is 0 Å². The Bertz CT molecular complexity index is 595. The van der Waals surface area contributed by atoms with Crippen LogP contribution in [0.25, 0.3) is 0 Å². The number of hydrogen-bond acceptors (Lipinski definition) is 3. The number of hydrogen-bond donors (Lipinski definition) is 1. The van der Waals surface area contributed by atoms with Crippen LogP contribution < -0.4 is 10.1 Å². The van der Waals surface area contributed by atoms with E-state index in [1.54, 1.807) is 6.07 Å². The van der Waals surface area contributed by atoms with Gasteiger partial charge in [0, 0.05) is 22.8 Å². The maximum Gasteiger partial charge on any atom is 0.219 e. The van der Waals surface area contributed by atoms with Gasteiger partial charge in [-0.1, -0.05) is 40.9 Å². The van der Waals surface area contributed by atoms with E-state index in [9.17, 15) is 0 Å². The molecule has 0 radical (unpaired) electrons. The first-order valence-corrected chi connectivity index (χ1v) is 8.06. The zero-order valence-electron chi connectivity index (χ0n) is 12.1. The summed E-state index contributed by atoms with van der Waals surface area (Å²) >= 11 is 9.58. The molecule has 0 bridgehead atoms. The van der Waals surface area contributed by atoms with Crippen LogP contribution in [0.2, 0.25) is 5.02 Å². The predicted octanol–water partition coefficient (Wildman–Crippen LogP) is 4.96. The van der Waals surface area contributed by atoms with E-state index in [0.29, 0.717) is 16.7 Å². The number of rotatable bonds is 6. The summed E-state index contributed by atoms with van der Waals surface area (Å²) in [5.41, 5.74) is 2.18. The molecule has 0 saturated carbocycles. The Labute approximate surface area is 138 Å². The van der Waals surface area contributed by atoms with E-state index in [1.807, 2.05) is 25.2 Å². The van der Waals surface area contributed by atoms with Crippen molar-refractivity contribution < 1.29 is 4.74 Å². The summed E-state index contributed by atoms with van der Waals surface area (Å²) in [6.07, 6.45) is 1.98. The third-order valence-corrected chi connectivity index (χ3v) is 3.71. The first kappa shape index (κ1) is 16.3. The number of halogens is 2. The van der Waals surface area contributed by atoms with Crippen molar-refractivity contribution in [3.63, 3.8) is 0 Å². The van der Waals surface area contributed by atoms with Crippen molar-refractivity contribution in [3.05, 3.63) is 51.1 Å². The van der Waals surface area contributed by atoms with Gasteiger partial charge in [0.1, 0.15) is 5.75 Å². The van der Waals surface area contributed by atoms with E-state index in [1.165, 1.54) is 0 Å². The van der Waals surface area contributed by atoms with Crippen molar-refractivity contribution in [1.29, 1.82) is 0 Å². The number of nitrogens with zero attached hydrogens (tertiary/aromatic N) is 1. The van der Waals surface area contributed by atoms with Crippen LogP contribution in [0.1, 0.15) is 24.6 Å². The number of ether oxygens (including phenoxy) is 1. The van der Waals surface area contributed by atoms with Crippen molar-refractivity contribution in [2.45, 2.75) is 26.3 Å². The first-order chi connectivity index (χ1) is 10.1. The summed E-state index contributed by atoms with van der Waals surface area (Å²) in [6, 6.07) is 9.56. The average Bonchev–Trinajstić information content (AvgIpc) is 2.43. The molecule has 0 atom stereocenters. The topological polar surface area (TPSA) is 34.1 Å². The third kappa shape index (κ3) is 4.70. The second-order valence-electron chi connectivity index (χ2n) is 4.76. The molecule has 0 fully saturated rings. The van der Waals surface area contributed by atoms with Gasteiger partial charge in [0.25, 0.3) is 0 Å². The molecule has 5 heteroatoms. The Balaban J connectivity index is 2.31. The fourth-order valence-electron chi connectivity index (χ4n) is 2.03. The third-order valence-electron chi connectivity index (χ3n) is 2.91. The largest absolute Gasteiger partial charge is 0.437 e. The summed E-state index contributed by atoms with van der Waals surface area (Å²) in [5.74, 6) is 1.17. The van der Waals surface area contributed by atoms with Crippen LogP contribution in [0, 0.1) is 0 Å². The van der Waals surface area contributed by atoms with E-state index in [-0.39, 0.29) is 0 Å². The molecule has 1 aromatic carbocycles. The van der Waals surface area contributed by atoms with Gasteiger partial charge in [-0.05, 0) is 43.3 Å². The Hall–Kier alpha value is -1.10. The molecule has 2 aromatic rings. The fourth-order valence-corrected chi connectivity index (χ4v) is 2.53.